The van der Waals surface area contributed by atoms with Crippen LogP contribution in [0, 0.1) is 12.3 Å². The second-order valence-corrected chi connectivity index (χ2v) is 5.60. The molecule has 2 aromatic heterocycles. The summed E-state index contributed by atoms with van der Waals surface area (Å²) in [7, 11) is 0. The van der Waals surface area contributed by atoms with Gasteiger partial charge in [-0.15, -0.1) is 0 Å². The van der Waals surface area contributed by atoms with Gasteiger partial charge in [0.1, 0.15) is 5.82 Å². The Morgan fingerprint density at radius 3 is 2.78 bits per heavy atom. The van der Waals surface area contributed by atoms with Crippen LogP contribution >= 0.6 is 0 Å². The fourth-order valence-electron chi connectivity index (χ4n) is 1.77. The van der Waals surface area contributed by atoms with E-state index in [-0.39, 0.29) is 11.1 Å². The number of aliphatic hydroxyl groups is 1. The lowest BCUT2D eigenvalue weighted by Gasteiger charge is -2.25. The number of rotatable bonds is 2. The SMILES string of the molecule is Cc1nc(CC(O)C(C)(C)C)cc2n[nH]c(=O)n12. The first-order valence-electron chi connectivity index (χ1n) is 5.91. The highest BCUT2D eigenvalue weighted by Gasteiger charge is 2.23. The van der Waals surface area contributed by atoms with E-state index in [1.54, 1.807) is 13.0 Å². The normalized spacial score (nSPS) is 14.1. The fourth-order valence-corrected chi connectivity index (χ4v) is 1.77. The summed E-state index contributed by atoms with van der Waals surface area (Å²) in [5.74, 6) is 0.572. The fraction of sp³-hybridized carbons (Fsp3) is 0.583. The molecule has 6 heteroatoms. The molecule has 0 spiro atoms. The van der Waals surface area contributed by atoms with Crippen molar-refractivity contribution in [1.29, 1.82) is 0 Å². The molecule has 2 N–H and O–H groups in total. The highest BCUT2D eigenvalue weighted by atomic mass is 16.3. The molecule has 0 amide bonds. The van der Waals surface area contributed by atoms with Crippen molar-refractivity contribution in [2.45, 2.75) is 40.2 Å². The molecule has 0 fully saturated rings. The number of aliphatic hydroxyl groups excluding tert-OH is 1. The van der Waals surface area contributed by atoms with Crippen molar-refractivity contribution in [1.82, 2.24) is 19.6 Å². The monoisotopic (exact) mass is 250 g/mol. The number of aromatic amines is 1. The number of H-pyrrole nitrogens is 1. The molecule has 18 heavy (non-hydrogen) atoms. The van der Waals surface area contributed by atoms with Gasteiger partial charge in [-0.25, -0.2) is 19.3 Å². The molecule has 0 radical (unpaired) electrons. The molecule has 1 unspecified atom stereocenters. The van der Waals surface area contributed by atoms with Crippen molar-refractivity contribution in [2.24, 2.45) is 5.41 Å². The van der Waals surface area contributed by atoms with E-state index in [0.29, 0.717) is 17.9 Å². The molecular formula is C12H18N4O2. The average Bonchev–Trinajstić information content (AvgIpc) is 2.59. The van der Waals surface area contributed by atoms with Crippen molar-refractivity contribution in [3.8, 4) is 0 Å². The van der Waals surface area contributed by atoms with Gasteiger partial charge in [-0.05, 0) is 12.3 Å². The van der Waals surface area contributed by atoms with Crippen LogP contribution < -0.4 is 5.69 Å². The molecule has 0 aliphatic rings. The molecular weight excluding hydrogens is 232 g/mol. The minimum absolute atomic E-state index is 0.201. The highest BCUT2D eigenvalue weighted by Crippen LogP contribution is 2.22. The van der Waals surface area contributed by atoms with Gasteiger partial charge in [-0.3, -0.25) is 0 Å². The summed E-state index contributed by atoms with van der Waals surface area (Å²) < 4.78 is 1.41. The van der Waals surface area contributed by atoms with Gasteiger partial charge < -0.3 is 5.11 Å². The first-order chi connectivity index (χ1) is 8.29. The maximum Gasteiger partial charge on any atom is 0.349 e. The van der Waals surface area contributed by atoms with Crippen molar-refractivity contribution < 1.29 is 5.11 Å². The molecule has 1 atom stereocenters. The van der Waals surface area contributed by atoms with Crippen LogP contribution in [0.5, 0.6) is 0 Å². The van der Waals surface area contributed by atoms with Crippen LogP contribution in [0.25, 0.3) is 5.65 Å². The molecule has 2 rings (SSSR count). The maximum absolute atomic E-state index is 11.4. The third kappa shape index (κ3) is 2.28. The van der Waals surface area contributed by atoms with Gasteiger partial charge in [-0.2, -0.15) is 5.10 Å². The first kappa shape index (κ1) is 12.8. The van der Waals surface area contributed by atoms with Crippen LogP contribution in [0.2, 0.25) is 0 Å². The topological polar surface area (TPSA) is 83.3 Å². The lowest BCUT2D eigenvalue weighted by molar-refractivity contribution is 0.0627. The predicted molar refractivity (Wildman–Crippen MR) is 67.5 cm³/mol. The smallest absolute Gasteiger partial charge is 0.349 e. The zero-order chi connectivity index (χ0) is 13.5. The number of aromatic nitrogens is 4. The quantitative estimate of drug-likeness (QED) is 0.820. The minimum atomic E-state index is -0.488. The number of aryl methyl sites for hydroxylation is 1. The van der Waals surface area contributed by atoms with Gasteiger partial charge in [0.05, 0.1) is 6.10 Å². The Morgan fingerprint density at radius 1 is 1.50 bits per heavy atom. The Bertz CT molecular complexity index is 621. The van der Waals surface area contributed by atoms with Gasteiger partial charge in [0.2, 0.25) is 0 Å². The van der Waals surface area contributed by atoms with Crippen LogP contribution in [-0.2, 0) is 6.42 Å². The van der Waals surface area contributed by atoms with E-state index < -0.39 is 6.10 Å². The van der Waals surface area contributed by atoms with Crippen LogP contribution in [0.3, 0.4) is 0 Å². The van der Waals surface area contributed by atoms with Crippen molar-refractivity contribution >= 4 is 5.65 Å². The molecule has 0 saturated heterocycles. The van der Waals surface area contributed by atoms with Crippen LogP contribution in [0.15, 0.2) is 10.9 Å². The van der Waals surface area contributed by atoms with Crippen molar-refractivity contribution in [3.63, 3.8) is 0 Å². The molecule has 0 bridgehead atoms. The van der Waals surface area contributed by atoms with E-state index in [9.17, 15) is 9.90 Å². The zero-order valence-electron chi connectivity index (χ0n) is 11.1. The van der Waals surface area contributed by atoms with Crippen LogP contribution in [0.1, 0.15) is 32.3 Å². The molecule has 0 aromatic carbocycles. The number of hydrogen-bond donors (Lipinski definition) is 2. The maximum atomic E-state index is 11.4. The van der Waals surface area contributed by atoms with E-state index in [1.165, 1.54) is 4.40 Å². The van der Waals surface area contributed by atoms with Gasteiger partial charge in [0, 0.05) is 18.2 Å². The number of nitrogens with one attached hydrogen (secondary N) is 1. The van der Waals surface area contributed by atoms with E-state index in [4.69, 9.17) is 0 Å². The summed E-state index contributed by atoms with van der Waals surface area (Å²) in [6.07, 6.45) is -0.0421. The lowest BCUT2D eigenvalue weighted by atomic mass is 9.86. The van der Waals surface area contributed by atoms with Gasteiger partial charge in [-0.1, -0.05) is 20.8 Å². The summed E-state index contributed by atoms with van der Waals surface area (Å²) in [5, 5.41) is 16.4. The molecule has 98 valence electrons. The lowest BCUT2D eigenvalue weighted by Crippen LogP contribution is -2.28. The minimum Gasteiger partial charge on any atom is -0.392 e. The van der Waals surface area contributed by atoms with Crippen molar-refractivity contribution in [3.05, 3.63) is 28.1 Å². The average molecular weight is 250 g/mol. The second-order valence-electron chi connectivity index (χ2n) is 5.60. The molecule has 6 nitrogen and oxygen atoms in total. The summed E-state index contributed by atoms with van der Waals surface area (Å²) in [5.41, 5.74) is 0.774. The Balaban J connectivity index is 2.39. The van der Waals surface area contributed by atoms with Gasteiger partial charge in [0.25, 0.3) is 0 Å². The zero-order valence-corrected chi connectivity index (χ0v) is 11.1. The van der Waals surface area contributed by atoms with E-state index in [2.05, 4.69) is 15.2 Å². The summed E-state index contributed by atoms with van der Waals surface area (Å²) in [6, 6.07) is 1.72. The predicted octanol–water partition coefficient (Wildman–Crippen LogP) is 0.676. The van der Waals surface area contributed by atoms with Gasteiger partial charge in [0.15, 0.2) is 5.65 Å². The number of fused-ring (bicyclic) bond motifs is 1. The van der Waals surface area contributed by atoms with E-state index in [1.807, 2.05) is 20.8 Å². The molecule has 0 aliphatic heterocycles. The highest BCUT2D eigenvalue weighted by molar-refractivity contribution is 5.38. The molecule has 2 aromatic rings. The van der Waals surface area contributed by atoms with Gasteiger partial charge >= 0.3 is 5.69 Å². The largest absolute Gasteiger partial charge is 0.392 e. The van der Waals surface area contributed by atoms with Crippen molar-refractivity contribution in [2.75, 3.05) is 0 Å². The number of hydrogen-bond acceptors (Lipinski definition) is 4. The molecule has 2 heterocycles. The molecule has 0 saturated carbocycles. The Morgan fingerprint density at radius 2 is 2.17 bits per heavy atom. The second kappa shape index (κ2) is 4.20. The summed E-state index contributed by atoms with van der Waals surface area (Å²) >= 11 is 0. The first-order valence-corrected chi connectivity index (χ1v) is 5.91. The standard InChI is InChI=1S/C12H18N4O2/c1-7-13-8(5-9(17)12(2,3)4)6-10-14-15-11(18)16(7)10/h6,9,17H,5H2,1-4H3,(H,15,18). The van der Waals surface area contributed by atoms with E-state index in [0.717, 1.165) is 5.69 Å². The number of nitrogens with zero attached hydrogens (tertiary/aromatic N) is 3. The summed E-state index contributed by atoms with van der Waals surface area (Å²) in [4.78, 5) is 15.8. The third-order valence-corrected chi connectivity index (χ3v) is 3.03. The van der Waals surface area contributed by atoms with Crippen LogP contribution in [-0.4, -0.2) is 30.8 Å². The Kier molecular flexibility index (Phi) is 2.98. The summed E-state index contributed by atoms with van der Waals surface area (Å²) in [6.45, 7) is 7.67. The third-order valence-electron chi connectivity index (χ3n) is 3.03. The molecule has 0 aliphatic carbocycles. The Hall–Kier alpha value is -1.69. The van der Waals surface area contributed by atoms with Crippen LogP contribution in [0.4, 0.5) is 0 Å². The Labute approximate surface area is 105 Å². The van der Waals surface area contributed by atoms with E-state index >= 15 is 0 Å².